The molecule has 1 aromatic carbocycles. The third-order valence-corrected chi connectivity index (χ3v) is 5.43. The molecule has 0 spiro atoms. The molecule has 8 heteroatoms. The Balaban J connectivity index is 2.14. The summed E-state index contributed by atoms with van der Waals surface area (Å²) in [4.78, 5) is 11.0. The number of halogens is 3. The SMILES string of the molecule is C=CCN(CC=C)c1cc2c(cn1)NC(C)=NC2(N)[C@H](C)c1cccc(C(F)F)c1F. The number of aromatic nitrogens is 1. The average Bonchev–Trinajstić information content (AvgIpc) is 2.72. The normalized spacial score (nSPS) is 18.6. The summed E-state index contributed by atoms with van der Waals surface area (Å²) in [7, 11) is 0. The second-order valence-electron chi connectivity index (χ2n) is 7.49. The van der Waals surface area contributed by atoms with E-state index in [2.05, 4.69) is 28.5 Å². The molecule has 0 fully saturated rings. The lowest BCUT2D eigenvalue weighted by Gasteiger charge is -2.38. The maximum Gasteiger partial charge on any atom is 0.266 e. The van der Waals surface area contributed by atoms with E-state index >= 15 is 0 Å². The van der Waals surface area contributed by atoms with Crippen LogP contribution >= 0.6 is 0 Å². The smallest absolute Gasteiger partial charge is 0.266 e. The third kappa shape index (κ3) is 4.20. The molecule has 0 amide bonds. The maximum absolute atomic E-state index is 14.9. The Labute approximate surface area is 180 Å². The zero-order chi connectivity index (χ0) is 22.8. The molecule has 31 heavy (non-hydrogen) atoms. The molecule has 0 saturated carbocycles. The molecule has 2 aromatic rings. The van der Waals surface area contributed by atoms with E-state index in [1.54, 1.807) is 38.3 Å². The summed E-state index contributed by atoms with van der Waals surface area (Å²) in [6.45, 7) is 12.0. The second-order valence-corrected chi connectivity index (χ2v) is 7.49. The molecule has 0 aliphatic carbocycles. The van der Waals surface area contributed by atoms with Crippen LogP contribution in [0.15, 0.2) is 60.8 Å². The van der Waals surface area contributed by atoms with Crippen molar-refractivity contribution < 1.29 is 13.2 Å². The van der Waals surface area contributed by atoms with Gasteiger partial charge in [0.15, 0.2) is 0 Å². The molecule has 2 atom stereocenters. The standard InChI is InChI=1S/C23H26F3N5/c1-5-10-31(11-6-2)20-12-18-19(13-28-20)29-15(4)30-23(18,27)14(3)16-8-7-9-17(21(16)24)22(25)26/h5-9,12-14,22H,1-2,10-11,27H2,3-4H3,(H,29,30)/t14-,23?/m1/s1. The first kappa shape index (κ1) is 22.6. The number of fused-ring (bicyclic) bond motifs is 1. The second kappa shape index (κ2) is 8.93. The van der Waals surface area contributed by atoms with Gasteiger partial charge in [-0.25, -0.2) is 23.1 Å². The van der Waals surface area contributed by atoms with E-state index in [0.29, 0.717) is 36.0 Å². The molecule has 3 rings (SSSR count). The molecule has 164 valence electrons. The monoisotopic (exact) mass is 429 g/mol. The maximum atomic E-state index is 14.9. The predicted octanol–water partition coefficient (Wildman–Crippen LogP) is 5.10. The number of amidine groups is 1. The van der Waals surface area contributed by atoms with E-state index in [-0.39, 0.29) is 5.56 Å². The summed E-state index contributed by atoms with van der Waals surface area (Å²) in [5, 5.41) is 3.13. The lowest BCUT2D eigenvalue weighted by molar-refractivity contribution is 0.145. The number of hydrogen-bond acceptors (Lipinski definition) is 5. The molecule has 0 saturated heterocycles. The molecule has 0 radical (unpaired) electrons. The first-order chi connectivity index (χ1) is 14.7. The highest BCUT2D eigenvalue weighted by molar-refractivity contribution is 5.96. The quantitative estimate of drug-likeness (QED) is 0.573. The minimum Gasteiger partial charge on any atom is -0.349 e. The number of pyridine rings is 1. The van der Waals surface area contributed by atoms with Crippen molar-refractivity contribution in [3.05, 3.63) is 78.3 Å². The number of alkyl halides is 2. The number of nitrogens with one attached hydrogen (secondary N) is 1. The van der Waals surface area contributed by atoms with Crippen molar-refractivity contribution in [2.75, 3.05) is 23.3 Å². The number of nitrogens with zero attached hydrogens (tertiary/aromatic N) is 3. The molecule has 2 heterocycles. The number of benzene rings is 1. The molecule has 5 nitrogen and oxygen atoms in total. The van der Waals surface area contributed by atoms with E-state index in [1.807, 2.05) is 4.90 Å². The zero-order valence-corrected chi connectivity index (χ0v) is 17.6. The van der Waals surface area contributed by atoms with E-state index in [9.17, 15) is 13.2 Å². The van der Waals surface area contributed by atoms with Gasteiger partial charge in [-0.05, 0) is 18.6 Å². The van der Waals surface area contributed by atoms with Gasteiger partial charge in [-0.15, -0.1) is 13.2 Å². The molecule has 1 unspecified atom stereocenters. The summed E-state index contributed by atoms with van der Waals surface area (Å²) in [5.41, 5.74) is 6.04. The Morgan fingerprint density at radius 3 is 2.48 bits per heavy atom. The van der Waals surface area contributed by atoms with Gasteiger partial charge in [-0.1, -0.05) is 37.3 Å². The lowest BCUT2D eigenvalue weighted by atomic mass is 9.81. The van der Waals surface area contributed by atoms with Crippen LogP contribution < -0.4 is 16.0 Å². The van der Waals surface area contributed by atoms with Gasteiger partial charge in [0.05, 0.1) is 17.4 Å². The number of rotatable bonds is 8. The third-order valence-electron chi connectivity index (χ3n) is 5.43. The van der Waals surface area contributed by atoms with E-state index in [4.69, 9.17) is 5.73 Å². The first-order valence-electron chi connectivity index (χ1n) is 9.89. The Kier molecular flexibility index (Phi) is 6.50. The van der Waals surface area contributed by atoms with Crippen LogP contribution in [0.5, 0.6) is 0 Å². The van der Waals surface area contributed by atoms with E-state index in [0.717, 1.165) is 6.07 Å². The predicted molar refractivity (Wildman–Crippen MR) is 119 cm³/mol. The van der Waals surface area contributed by atoms with Crippen LogP contribution in [0.3, 0.4) is 0 Å². The van der Waals surface area contributed by atoms with Gasteiger partial charge in [-0.3, -0.25) is 0 Å². The Hall–Kier alpha value is -3.13. The zero-order valence-electron chi connectivity index (χ0n) is 17.6. The fourth-order valence-electron chi connectivity index (χ4n) is 3.82. The van der Waals surface area contributed by atoms with Gasteiger partial charge in [0, 0.05) is 24.6 Å². The molecular weight excluding hydrogens is 403 g/mol. The fourth-order valence-corrected chi connectivity index (χ4v) is 3.82. The molecule has 1 aromatic heterocycles. The van der Waals surface area contributed by atoms with Crippen LogP contribution in [0.2, 0.25) is 0 Å². The molecule has 3 N–H and O–H groups in total. The minimum absolute atomic E-state index is 0.0806. The van der Waals surface area contributed by atoms with Crippen molar-refractivity contribution >= 4 is 17.3 Å². The first-order valence-corrected chi connectivity index (χ1v) is 9.89. The molecule has 0 bridgehead atoms. The lowest BCUT2D eigenvalue weighted by Crippen LogP contribution is -2.45. The van der Waals surface area contributed by atoms with Gasteiger partial charge in [0.25, 0.3) is 6.43 Å². The van der Waals surface area contributed by atoms with Crippen LogP contribution in [-0.2, 0) is 5.66 Å². The van der Waals surface area contributed by atoms with Gasteiger partial charge >= 0.3 is 0 Å². The number of anilines is 2. The van der Waals surface area contributed by atoms with Gasteiger partial charge in [0.1, 0.15) is 23.1 Å². The van der Waals surface area contributed by atoms with Gasteiger partial charge in [-0.2, -0.15) is 0 Å². The number of aliphatic imine (C=N–C) groups is 1. The largest absolute Gasteiger partial charge is 0.349 e. The number of hydrogen-bond donors (Lipinski definition) is 2. The topological polar surface area (TPSA) is 66.5 Å². The highest BCUT2D eigenvalue weighted by atomic mass is 19.3. The molecule has 1 aliphatic rings. The van der Waals surface area contributed by atoms with Crippen molar-refractivity contribution in [1.29, 1.82) is 0 Å². The van der Waals surface area contributed by atoms with Crippen LogP contribution in [-0.4, -0.2) is 23.9 Å². The van der Waals surface area contributed by atoms with Crippen molar-refractivity contribution in [2.24, 2.45) is 10.7 Å². The molecule has 1 aliphatic heterocycles. The van der Waals surface area contributed by atoms with Crippen LogP contribution in [0, 0.1) is 5.82 Å². The van der Waals surface area contributed by atoms with Crippen molar-refractivity contribution in [1.82, 2.24) is 4.98 Å². The number of nitrogens with two attached hydrogens (primary N) is 1. The summed E-state index contributed by atoms with van der Waals surface area (Å²) in [6.07, 6.45) is 2.21. The summed E-state index contributed by atoms with van der Waals surface area (Å²) in [5.74, 6) is -0.545. The minimum atomic E-state index is -2.92. The van der Waals surface area contributed by atoms with Gasteiger partial charge < -0.3 is 16.0 Å². The van der Waals surface area contributed by atoms with Gasteiger partial charge in [0.2, 0.25) is 0 Å². The molecular formula is C23H26F3N5. The summed E-state index contributed by atoms with van der Waals surface area (Å²) >= 11 is 0. The Morgan fingerprint density at radius 2 is 1.87 bits per heavy atom. The summed E-state index contributed by atoms with van der Waals surface area (Å²) < 4.78 is 41.5. The van der Waals surface area contributed by atoms with Crippen LogP contribution in [0.25, 0.3) is 0 Å². The Bertz CT molecular complexity index is 1010. The highest BCUT2D eigenvalue weighted by Gasteiger charge is 2.41. The van der Waals surface area contributed by atoms with Crippen molar-refractivity contribution in [3.8, 4) is 0 Å². The Morgan fingerprint density at radius 1 is 1.23 bits per heavy atom. The summed E-state index contributed by atoms with van der Waals surface area (Å²) in [6, 6.07) is 5.74. The fraction of sp³-hybridized carbons (Fsp3) is 0.304. The van der Waals surface area contributed by atoms with Crippen molar-refractivity contribution in [3.63, 3.8) is 0 Å². The van der Waals surface area contributed by atoms with Crippen LogP contribution in [0.4, 0.5) is 24.7 Å². The van der Waals surface area contributed by atoms with Crippen molar-refractivity contribution in [2.45, 2.75) is 31.9 Å². The average molecular weight is 429 g/mol. The highest BCUT2D eigenvalue weighted by Crippen LogP contribution is 2.44. The van der Waals surface area contributed by atoms with E-state index < -0.39 is 29.4 Å². The van der Waals surface area contributed by atoms with Crippen LogP contribution in [0.1, 0.15) is 42.9 Å². The van der Waals surface area contributed by atoms with E-state index in [1.165, 1.54) is 12.1 Å².